The maximum atomic E-state index is 12.7. The minimum absolute atomic E-state index is 0.0292. The van der Waals surface area contributed by atoms with E-state index in [0.29, 0.717) is 0 Å². The van der Waals surface area contributed by atoms with Gasteiger partial charge < -0.3 is 20.5 Å². The molecule has 2 atom stereocenters. The van der Waals surface area contributed by atoms with Crippen LogP contribution in [0.3, 0.4) is 0 Å². The van der Waals surface area contributed by atoms with Gasteiger partial charge in [-0.05, 0) is 27.7 Å². The molecule has 0 saturated carbocycles. The predicted molar refractivity (Wildman–Crippen MR) is 122 cm³/mol. The summed E-state index contributed by atoms with van der Waals surface area (Å²) < 4.78 is 30.9. The van der Waals surface area contributed by atoms with Gasteiger partial charge >= 0.3 is 12.1 Å². The lowest BCUT2D eigenvalue weighted by molar-refractivity contribution is -0.143. The highest BCUT2D eigenvalue weighted by Crippen LogP contribution is 2.44. The molecule has 0 heterocycles. The van der Waals surface area contributed by atoms with E-state index in [1.54, 1.807) is 20.8 Å². The van der Waals surface area contributed by atoms with Crippen LogP contribution in [0.1, 0.15) is 44.2 Å². The number of hydrogen-bond donors (Lipinski definition) is 3. The molecule has 0 fully saturated rings. The highest BCUT2D eigenvalue weighted by atomic mass is 19.3. The fourth-order valence-electron chi connectivity index (χ4n) is 4.09. The van der Waals surface area contributed by atoms with Crippen molar-refractivity contribution in [1.29, 1.82) is 0 Å². The number of benzene rings is 2. The van der Waals surface area contributed by atoms with Crippen LogP contribution in [0, 0.1) is 5.41 Å². The van der Waals surface area contributed by atoms with E-state index in [-0.39, 0.29) is 12.5 Å². The number of hydrogen-bond acceptors (Lipinski definition) is 4. The number of aliphatic carboxylic acids is 1. The first-order valence-corrected chi connectivity index (χ1v) is 10.9. The van der Waals surface area contributed by atoms with Crippen LogP contribution in [0.25, 0.3) is 11.1 Å². The number of fused-ring (bicyclic) bond motifs is 3. The standard InChI is InChI=1S/C25H28F2N2O5/c1-25(2,3)21(22(30)28-19(23(31)32)12-20(26)27)29-24(33)34-13-18-16-10-6-4-8-14(16)15-9-5-7-11-17(15)18/h4-11,18-21H,12-13H2,1-3H3,(H,28,30)(H,29,33)(H,31,32). The number of halogens is 2. The van der Waals surface area contributed by atoms with Crippen LogP contribution in [0.15, 0.2) is 48.5 Å². The quantitative estimate of drug-likeness (QED) is 0.533. The topological polar surface area (TPSA) is 105 Å². The Morgan fingerprint density at radius 2 is 1.50 bits per heavy atom. The molecular weight excluding hydrogens is 446 g/mol. The molecule has 2 aromatic carbocycles. The maximum Gasteiger partial charge on any atom is 0.407 e. The average molecular weight is 475 g/mol. The summed E-state index contributed by atoms with van der Waals surface area (Å²) in [7, 11) is 0. The molecule has 3 N–H and O–H groups in total. The molecule has 34 heavy (non-hydrogen) atoms. The van der Waals surface area contributed by atoms with Crippen LogP contribution in [-0.2, 0) is 14.3 Å². The summed E-state index contributed by atoms with van der Waals surface area (Å²) in [4.78, 5) is 36.6. The number of nitrogens with one attached hydrogen (secondary N) is 2. The van der Waals surface area contributed by atoms with Gasteiger partial charge in [0.2, 0.25) is 12.3 Å². The lowest BCUT2D eigenvalue weighted by atomic mass is 9.86. The van der Waals surface area contributed by atoms with Crippen LogP contribution < -0.4 is 10.6 Å². The van der Waals surface area contributed by atoms with Crippen molar-refractivity contribution in [2.75, 3.05) is 6.61 Å². The smallest absolute Gasteiger partial charge is 0.407 e. The van der Waals surface area contributed by atoms with E-state index < -0.39 is 48.3 Å². The first-order valence-electron chi connectivity index (χ1n) is 10.9. The van der Waals surface area contributed by atoms with E-state index in [9.17, 15) is 23.2 Å². The number of carbonyl (C=O) groups is 3. The monoisotopic (exact) mass is 474 g/mol. The molecule has 182 valence electrons. The third-order valence-electron chi connectivity index (χ3n) is 5.76. The number of carboxylic acids is 1. The molecule has 1 aliphatic rings. The van der Waals surface area contributed by atoms with Gasteiger partial charge in [0.1, 0.15) is 18.7 Å². The fraction of sp³-hybridized carbons (Fsp3) is 0.400. The fourth-order valence-corrected chi connectivity index (χ4v) is 4.09. The van der Waals surface area contributed by atoms with Crippen LogP contribution in [0.5, 0.6) is 0 Å². The molecule has 7 nitrogen and oxygen atoms in total. The normalized spacial score (nSPS) is 14.6. The number of alkyl carbamates (subject to hydrolysis) is 1. The van der Waals surface area contributed by atoms with Crippen molar-refractivity contribution in [3.05, 3.63) is 59.7 Å². The van der Waals surface area contributed by atoms with Gasteiger partial charge in [-0.2, -0.15) is 0 Å². The van der Waals surface area contributed by atoms with Gasteiger partial charge in [-0.15, -0.1) is 0 Å². The molecule has 0 saturated heterocycles. The molecule has 0 spiro atoms. The third-order valence-corrected chi connectivity index (χ3v) is 5.76. The van der Waals surface area contributed by atoms with Crippen LogP contribution in [0.4, 0.5) is 13.6 Å². The second-order valence-electron chi connectivity index (χ2n) is 9.30. The molecular formula is C25H28F2N2O5. The van der Waals surface area contributed by atoms with Crippen molar-refractivity contribution >= 4 is 18.0 Å². The minimum Gasteiger partial charge on any atom is -0.480 e. The van der Waals surface area contributed by atoms with E-state index in [2.05, 4.69) is 10.6 Å². The number of rotatable bonds is 8. The first-order chi connectivity index (χ1) is 16.0. The molecule has 0 radical (unpaired) electrons. The average Bonchev–Trinajstić information content (AvgIpc) is 3.08. The van der Waals surface area contributed by atoms with Gasteiger partial charge in [-0.3, -0.25) is 4.79 Å². The zero-order valence-corrected chi connectivity index (χ0v) is 19.2. The van der Waals surface area contributed by atoms with E-state index in [0.717, 1.165) is 22.3 Å². The number of carbonyl (C=O) groups excluding carboxylic acids is 2. The lowest BCUT2D eigenvalue weighted by Gasteiger charge is -2.31. The summed E-state index contributed by atoms with van der Waals surface area (Å²) in [5.74, 6) is -2.64. The summed E-state index contributed by atoms with van der Waals surface area (Å²) >= 11 is 0. The van der Waals surface area contributed by atoms with Crippen molar-refractivity contribution in [2.24, 2.45) is 5.41 Å². The molecule has 2 aromatic rings. The van der Waals surface area contributed by atoms with Gasteiger partial charge in [0.25, 0.3) is 0 Å². The molecule has 9 heteroatoms. The van der Waals surface area contributed by atoms with E-state index >= 15 is 0 Å². The summed E-state index contributed by atoms with van der Waals surface area (Å²) in [6.45, 7) is 5.00. The zero-order chi connectivity index (χ0) is 25.0. The Balaban J connectivity index is 1.69. The van der Waals surface area contributed by atoms with Crippen molar-refractivity contribution in [1.82, 2.24) is 10.6 Å². The molecule has 0 aliphatic heterocycles. The molecule has 0 aromatic heterocycles. The van der Waals surface area contributed by atoms with Gasteiger partial charge in [0.15, 0.2) is 0 Å². The predicted octanol–water partition coefficient (Wildman–Crippen LogP) is 4.16. The molecule has 1 aliphatic carbocycles. The number of alkyl halides is 2. The first kappa shape index (κ1) is 25.1. The molecule has 2 amide bonds. The van der Waals surface area contributed by atoms with Crippen LogP contribution in [-0.4, -0.2) is 48.2 Å². The van der Waals surface area contributed by atoms with Crippen molar-refractivity contribution < 1.29 is 33.0 Å². The summed E-state index contributed by atoms with van der Waals surface area (Å²) in [6.07, 6.45) is -4.81. The lowest BCUT2D eigenvalue weighted by Crippen LogP contribution is -2.57. The van der Waals surface area contributed by atoms with E-state index in [1.807, 2.05) is 48.5 Å². The van der Waals surface area contributed by atoms with Gasteiger partial charge in [-0.25, -0.2) is 18.4 Å². The summed E-state index contributed by atoms with van der Waals surface area (Å²) in [5.41, 5.74) is 3.34. The maximum absolute atomic E-state index is 12.7. The van der Waals surface area contributed by atoms with Crippen LogP contribution >= 0.6 is 0 Å². The summed E-state index contributed by atoms with van der Waals surface area (Å²) in [5, 5.41) is 13.7. The minimum atomic E-state index is -2.91. The Kier molecular flexibility index (Phi) is 7.54. The Morgan fingerprint density at radius 1 is 0.971 bits per heavy atom. The number of amides is 2. The Bertz CT molecular complexity index is 1020. The highest BCUT2D eigenvalue weighted by molar-refractivity contribution is 5.90. The van der Waals surface area contributed by atoms with E-state index in [4.69, 9.17) is 9.84 Å². The number of carboxylic acid groups (broad SMARTS) is 1. The van der Waals surface area contributed by atoms with Crippen LogP contribution in [0.2, 0.25) is 0 Å². The van der Waals surface area contributed by atoms with E-state index in [1.165, 1.54) is 0 Å². The second-order valence-corrected chi connectivity index (χ2v) is 9.30. The van der Waals surface area contributed by atoms with Crippen molar-refractivity contribution in [2.45, 2.75) is 51.6 Å². The third kappa shape index (κ3) is 5.70. The molecule has 2 unspecified atom stereocenters. The Morgan fingerprint density at radius 3 is 1.97 bits per heavy atom. The van der Waals surface area contributed by atoms with Crippen molar-refractivity contribution in [3.8, 4) is 11.1 Å². The largest absolute Gasteiger partial charge is 0.480 e. The summed E-state index contributed by atoms with van der Waals surface area (Å²) in [6, 6.07) is 12.7. The van der Waals surface area contributed by atoms with Crippen molar-refractivity contribution in [3.63, 3.8) is 0 Å². The number of ether oxygens (including phenoxy) is 1. The Labute approximate surface area is 196 Å². The Hall–Kier alpha value is -3.49. The SMILES string of the molecule is CC(C)(C)C(NC(=O)OCC1c2ccccc2-c2ccccc21)C(=O)NC(CC(F)F)C(=O)O. The van der Waals surface area contributed by atoms with Gasteiger partial charge in [-0.1, -0.05) is 69.3 Å². The highest BCUT2D eigenvalue weighted by Gasteiger charge is 2.36. The molecule has 0 bridgehead atoms. The second kappa shape index (κ2) is 10.2. The zero-order valence-electron chi connectivity index (χ0n) is 19.2. The van der Waals surface area contributed by atoms with Gasteiger partial charge in [0.05, 0.1) is 0 Å². The molecule has 3 rings (SSSR count). The van der Waals surface area contributed by atoms with Gasteiger partial charge in [0, 0.05) is 12.3 Å².